The van der Waals surface area contributed by atoms with Crippen molar-refractivity contribution in [2.75, 3.05) is 0 Å². The summed E-state index contributed by atoms with van der Waals surface area (Å²) in [5.74, 6) is -0.625. The van der Waals surface area contributed by atoms with Gasteiger partial charge in [-0.15, -0.1) is 0 Å². The van der Waals surface area contributed by atoms with Gasteiger partial charge in [-0.3, -0.25) is 14.9 Å². The van der Waals surface area contributed by atoms with Crippen molar-refractivity contribution in [3.8, 4) is 0 Å². The van der Waals surface area contributed by atoms with Gasteiger partial charge in [-0.25, -0.2) is 0 Å². The van der Waals surface area contributed by atoms with Crippen LogP contribution >= 0.6 is 0 Å². The van der Waals surface area contributed by atoms with Crippen molar-refractivity contribution in [3.05, 3.63) is 0 Å². The van der Waals surface area contributed by atoms with Crippen LogP contribution < -0.4 is 5.32 Å². The third kappa shape index (κ3) is 23.3. The van der Waals surface area contributed by atoms with E-state index >= 15 is 0 Å². The van der Waals surface area contributed by atoms with Gasteiger partial charge in [-0.2, -0.15) is 0 Å². The Kier molecular flexibility index (Phi) is 21.2. The molecule has 0 fully saturated rings. The fourth-order valence-corrected chi connectivity index (χ4v) is 0.248. The second kappa shape index (κ2) is 12.5. The molecule has 0 bridgehead atoms. The van der Waals surface area contributed by atoms with E-state index in [1.165, 1.54) is 13.8 Å². The second-order valence-corrected chi connectivity index (χ2v) is 1.24. The average molecular weight is 171 g/mol. The van der Waals surface area contributed by atoms with Gasteiger partial charge < -0.3 is 0 Å². The number of hydrogen-bond donors (Lipinski definition) is 1. The van der Waals surface area contributed by atoms with E-state index in [2.05, 4.69) is 0 Å². The molecule has 0 aromatic carbocycles. The molecule has 10 heavy (non-hydrogen) atoms. The second-order valence-electron chi connectivity index (χ2n) is 1.24. The number of imide groups is 1. The predicted molar refractivity (Wildman–Crippen MR) is 43.0 cm³/mol. The summed E-state index contributed by atoms with van der Waals surface area (Å²) in [6.45, 7) is 6.59. The SMILES string of the molecule is CC.CC(=O)NC(C)=O.[KH]. The third-order valence-electron chi connectivity index (χ3n) is 0.352. The maximum absolute atomic E-state index is 9.92. The number of amides is 2. The minimum atomic E-state index is -0.312. The molecule has 0 aliphatic rings. The van der Waals surface area contributed by atoms with Crippen LogP contribution in [-0.2, 0) is 9.59 Å². The van der Waals surface area contributed by atoms with E-state index in [1.54, 1.807) is 0 Å². The van der Waals surface area contributed by atoms with Crippen LogP contribution in [0.4, 0.5) is 0 Å². The van der Waals surface area contributed by atoms with Gasteiger partial charge in [-0.05, 0) is 0 Å². The fraction of sp³-hybridized carbons (Fsp3) is 0.667. The Labute approximate surface area is 104 Å². The van der Waals surface area contributed by atoms with E-state index in [4.69, 9.17) is 0 Å². The number of nitrogens with one attached hydrogen (secondary N) is 1. The number of rotatable bonds is 0. The van der Waals surface area contributed by atoms with E-state index in [0.29, 0.717) is 0 Å². The van der Waals surface area contributed by atoms with Crippen LogP contribution in [0.1, 0.15) is 27.7 Å². The molecular formula is C6H14KNO2. The van der Waals surface area contributed by atoms with Crippen molar-refractivity contribution in [1.82, 2.24) is 5.32 Å². The Morgan fingerprint density at radius 3 is 1.20 bits per heavy atom. The van der Waals surface area contributed by atoms with Crippen LogP contribution in [0, 0.1) is 0 Å². The third-order valence-corrected chi connectivity index (χ3v) is 0.352. The molecule has 0 aromatic heterocycles. The molecule has 0 heterocycles. The van der Waals surface area contributed by atoms with Gasteiger partial charge in [0.25, 0.3) is 0 Å². The molecule has 0 atom stereocenters. The molecule has 2 amide bonds. The van der Waals surface area contributed by atoms with Crippen LogP contribution in [-0.4, -0.2) is 63.2 Å². The molecule has 0 saturated heterocycles. The van der Waals surface area contributed by atoms with E-state index in [-0.39, 0.29) is 63.2 Å². The summed E-state index contributed by atoms with van der Waals surface area (Å²) >= 11 is 0. The molecule has 0 unspecified atom stereocenters. The van der Waals surface area contributed by atoms with E-state index in [9.17, 15) is 9.59 Å². The van der Waals surface area contributed by atoms with Crippen molar-refractivity contribution in [2.24, 2.45) is 0 Å². The van der Waals surface area contributed by atoms with Gasteiger partial charge in [0.15, 0.2) is 0 Å². The predicted octanol–water partition coefficient (Wildman–Crippen LogP) is 0.0467. The first kappa shape index (κ1) is 17.0. The first-order valence-corrected chi connectivity index (χ1v) is 2.91. The molecule has 56 valence electrons. The van der Waals surface area contributed by atoms with E-state index in [1.807, 2.05) is 19.2 Å². The summed E-state index contributed by atoms with van der Waals surface area (Å²) in [6, 6.07) is 0. The average Bonchev–Trinajstić information content (AvgIpc) is 1.68. The number of hydrogen-bond acceptors (Lipinski definition) is 2. The zero-order valence-corrected chi connectivity index (χ0v) is 6.32. The molecular weight excluding hydrogens is 157 g/mol. The first-order valence-electron chi connectivity index (χ1n) is 2.91. The van der Waals surface area contributed by atoms with Gasteiger partial charge in [0, 0.05) is 13.8 Å². The molecule has 1 N–H and O–H groups in total. The molecule has 0 saturated carbocycles. The number of carbonyl (C=O) groups is 2. The Morgan fingerprint density at radius 2 is 1.20 bits per heavy atom. The van der Waals surface area contributed by atoms with Crippen LogP contribution in [0.5, 0.6) is 0 Å². The van der Waals surface area contributed by atoms with Crippen molar-refractivity contribution in [2.45, 2.75) is 27.7 Å². The Bertz CT molecular complexity index is 91.9. The van der Waals surface area contributed by atoms with Crippen LogP contribution in [0.15, 0.2) is 0 Å². The van der Waals surface area contributed by atoms with Gasteiger partial charge in [0.1, 0.15) is 0 Å². The van der Waals surface area contributed by atoms with Crippen molar-refractivity contribution < 1.29 is 9.59 Å². The summed E-state index contributed by atoms with van der Waals surface area (Å²) in [4.78, 5) is 19.8. The van der Waals surface area contributed by atoms with Crippen LogP contribution in [0.3, 0.4) is 0 Å². The maximum atomic E-state index is 9.92. The Morgan fingerprint density at radius 1 is 1.00 bits per heavy atom. The molecule has 0 radical (unpaired) electrons. The van der Waals surface area contributed by atoms with Gasteiger partial charge in [-0.1, -0.05) is 13.8 Å². The fourth-order valence-electron chi connectivity index (χ4n) is 0.248. The minimum absolute atomic E-state index is 0. The molecule has 0 spiro atoms. The first-order chi connectivity index (χ1) is 4.13. The topological polar surface area (TPSA) is 46.2 Å². The van der Waals surface area contributed by atoms with Crippen molar-refractivity contribution in [1.29, 1.82) is 0 Å². The molecule has 0 aliphatic heterocycles. The molecule has 3 nitrogen and oxygen atoms in total. The Balaban J connectivity index is -0.000000149. The zero-order valence-electron chi connectivity index (χ0n) is 6.32. The van der Waals surface area contributed by atoms with Gasteiger partial charge >= 0.3 is 51.4 Å². The molecule has 0 aromatic rings. The summed E-state index contributed by atoms with van der Waals surface area (Å²) < 4.78 is 0. The van der Waals surface area contributed by atoms with E-state index in [0.717, 1.165) is 0 Å². The quantitative estimate of drug-likeness (QED) is 0.523. The summed E-state index contributed by atoms with van der Waals surface area (Å²) in [5.41, 5.74) is 0. The molecule has 0 aliphatic carbocycles. The summed E-state index contributed by atoms with van der Waals surface area (Å²) in [7, 11) is 0. The molecule has 0 rings (SSSR count). The summed E-state index contributed by atoms with van der Waals surface area (Å²) in [5, 5.41) is 2.03. The standard InChI is InChI=1S/C4H7NO2.C2H6.K.H/c1-3(6)5-4(2)7;1-2;;/h1-2H3,(H,5,6,7);1-2H3;;. The monoisotopic (exact) mass is 171 g/mol. The van der Waals surface area contributed by atoms with Gasteiger partial charge in [0.05, 0.1) is 0 Å². The van der Waals surface area contributed by atoms with Crippen molar-refractivity contribution in [3.63, 3.8) is 0 Å². The van der Waals surface area contributed by atoms with Crippen LogP contribution in [0.2, 0.25) is 0 Å². The van der Waals surface area contributed by atoms with Crippen molar-refractivity contribution >= 4 is 63.2 Å². The Hall–Kier alpha value is 0.776. The molecule has 4 heteroatoms. The van der Waals surface area contributed by atoms with E-state index < -0.39 is 0 Å². The van der Waals surface area contributed by atoms with Crippen LogP contribution in [0.25, 0.3) is 0 Å². The zero-order chi connectivity index (χ0) is 7.86. The summed E-state index contributed by atoms with van der Waals surface area (Å²) in [6.07, 6.45) is 0. The number of carbonyl (C=O) groups excluding carboxylic acids is 2. The van der Waals surface area contributed by atoms with Gasteiger partial charge in [0.2, 0.25) is 11.8 Å². The normalized spacial score (nSPS) is 6.00.